The van der Waals surface area contributed by atoms with Crippen molar-refractivity contribution in [1.82, 2.24) is 25.6 Å². The zero-order chi connectivity index (χ0) is 19.5. The van der Waals surface area contributed by atoms with Crippen molar-refractivity contribution in [1.29, 1.82) is 0 Å². The number of aromatic nitrogens is 4. The molecule has 4 rings (SSSR count). The van der Waals surface area contributed by atoms with E-state index in [1.54, 1.807) is 0 Å². The molecule has 2 heterocycles. The van der Waals surface area contributed by atoms with E-state index >= 15 is 0 Å². The van der Waals surface area contributed by atoms with Crippen LogP contribution in [0.2, 0.25) is 0 Å². The summed E-state index contributed by atoms with van der Waals surface area (Å²) in [6.45, 7) is 4.94. The number of hydrogen-bond donors (Lipinski definition) is 1. The summed E-state index contributed by atoms with van der Waals surface area (Å²) >= 11 is 0. The first-order chi connectivity index (χ1) is 13.6. The largest absolute Gasteiger partial charge is 0.341 e. The van der Waals surface area contributed by atoms with Crippen molar-refractivity contribution < 1.29 is 4.63 Å². The van der Waals surface area contributed by atoms with Crippen molar-refractivity contribution in [2.24, 2.45) is 0 Å². The van der Waals surface area contributed by atoms with Crippen LogP contribution in [0.3, 0.4) is 0 Å². The van der Waals surface area contributed by atoms with Gasteiger partial charge < -0.3 is 10.2 Å². The zero-order valence-corrected chi connectivity index (χ0v) is 16.9. The molecule has 0 saturated heterocycles. The van der Waals surface area contributed by atoms with E-state index in [9.17, 15) is 0 Å². The van der Waals surface area contributed by atoms with E-state index < -0.39 is 0 Å². The predicted octanol–water partition coefficient (Wildman–Crippen LogP) is 3.94. The molecular weight excluding hydrogens is 352 g/mol. The lowest BCUT2D eigenvalue weighted by molar-refractivity contribution is 0.315. The Bertz CT molecular complexity index is 934. The standard InChI is InChI=1S/C21H28N6O/c1-14(22-12-16-9-10-19-20(11-16)26-28-25-19)18-13-23-21(24-15(18)2)27(3)17-7-5-4-6-8-17/h9-11,13-14,17,22H,4-8,12H2,1-3H3. The smallest absolute Gasteiger partial charge is 0.225 e. The molecule has 0 bridgehead atoms. The molecule has 0 spiro atoms. The topological polar surface area (TPSA) is 80.0 Å². The van der Waals surface area contributed by atoms with Gasteiger partial charge in [-0.05, 0) is 54.7 Å². The fraction of sp³-hybridized carbons (Fsp3) is 0.524. The van der Waals surface area contributed by atoms with Crippen LogP contribution in [0.1, 0.15) is 61.9 Å². The maximum Gasteiger partial charge on any atom is 0.225 e. The van der Waals surface area contributed by atoms with Gasteiger partial charge in [0.2, 0.25) is 5.95 Å². The van der Waals surface area contributed by atoms with Gasteiger partial charge in [0.1, 0.15) is 11.0 Å². The Morgan fingerprint density at radius 2 is 1.96 bits per heavy atom. The van der Waals surface area contributed by atoms with Gasteiger partial charge in [0.05, 0.1) is 0 Å². The number of hydrogen-bond acceptors (Lipinski definition) is 7. The van der Waals surface area contributed by atoms with Crippen molar-refractivity contribution in [2.75, 3.05) is 11.9 Å². The summed E-state index contributed by atoms with van der Waals surface area (Å²) in [6.07, 6.45) is 8.42. The summed E-state index contributed by atoms with van der Waals surface area (Å²) in [5.41, 5.74) is 4.86. The minimum atomic E-state index is 0.153. The van der Waals surface area contributed by atoms with E-state index in [1.165, 1.54) is 32.1 Å². The number of aryl methyl sites for hydroxylation is 1. The van der Waals surface area contributed by atoms with Crippen molar-refractivity contribution in [3.63, 3.8) is 0 Å². The molecule has 1 fully saturated rings. The quantitative estimate of drug-likeness (QED) is 0.694. The highest BCUT2D eigenvalue weighted by Crippen LogP contribution is 2.25. The SMILES string of the molecule is Cc1nc(N(C)C2CCCCC2)ncc1C(C)NCc1ccc2nonc2c1. The number of fused-ring (bicyclic) bond motifs is 1. The summed E-state index contributed by atoms with van der Waals surface area (Å²) < 4.78 is 4.76. The summed E-state index contributed by atoms with van der Waals surface area (Å²) in [6, 6.07) is 6.68. The Kier molecular flexibility index (Phi) is 5.52. The lowest BCUT2D eigenvalue weighted by atomic mass is 9.95. The van der Waals surface area contributed by atoms with Crippen molar-refractivity contribution in [3.8, 4) is 0 Å². The molecule has 7 nitrogen and oxygen atoms in total. The molecule has 1 aromatic carbocycles. The first-order valence-electron chi connectivity index (χ1n) is 10.1. The van der Waals surface area contributed by atoms with E-state index in [0.717, 1.165) is 40.3 Å². The number of nitrogens with zero attached hydrogens (tertiary/aromatic N) is 5. The number of rotatable bonds is 6. The second-order valence-electron chi connectivity index (χ2n) is 7.80. The first-order valence-corrected chi connectivity index (χ1v) is 10.1. The lowest BCUT2D eigenvalue weighted by Gasteiger charge is -2.31. The highest BCUT2D eigenvalue weighted by atomic mass is 16.6. The van der Waals surface area contributed by atoms with Gasteiger partial charge in [0, 0.05) is 43.1 Å². The maximum atomic E-state index is 4.80. The van der Waals surface area contributed by atoms with Crippen LogP contribution in [0, 0.1) is 6.92 Å². The zero-order valence-electron chi connectivity index (χ0n) is 16.9. The highest BCUT2D eigenvalue weighted by Gasteiger charge is 2.21. The number of nitrogens with one attached hydrogen (secondary N) is 1. The van der Waals surface area contributed by atoms with E-state index in [-0.39, 0.29) is 6.04 Å². The Balaban J connectivity index is 1.41. The Labute approximate surface area is 165 Å². The van der Waals surface area contributed by atoms with E-state index in [4.69, 9.17) is 9.61 Å². The van der Waals surface area contributed by atoms with Crippen LogP contribution in [-0.2, 0) is 6.54 Å². The van der Waals surface area contributed by atoms with Crippen LogP contribution in [0.5, 0.6) is 0 Å². The highest BCUT2D eigenvalue weighted by molar-refractivity contribution is 5.73. The molecule has 0 radical (unpaired) electrons. The van der Waals surface area contributed by atoms with Gasteiger partial charge in [-0.25, -0.2) is 14.6 Å². The number of benzene rings is 1. The molecule has 2 aromatic heterocycles. The summed E-state index contributed by atoms with van der Waals surface area (Å²) in [7, 11) is 2.13. The molecule has 0 aliphatic heterocycles. The summed E-state index contributed by atoms with van der Waals surface area (Å²) in [5, 5.41) is 11.3. The maximum absolute atomic E-state index is 4.80. The lowest BCUT2D eigenvalue weighted by Crippen LogP contribution is -2.34. The van der Waals surface area contributed by atoms with Crippen molar-refractivity contribution >= 4 is 17.0 Å². The third kappa shape index (κ3) is 3.99. The predicted molar refractivity (Wildman–Crippen MR) is 109 cm³/mol. The fourth-order valence-corrected chi connectivity index (χ4v) is 4.01. The van der Waals surface area contributed by atoms with Crippen LogP contribution < -0.4 is 10.2 Å². The second kappa shape index (κ2) is 8.22. The van der Waals surface area contributed by atoms with E-state index in [0.29, 0.717) is 6.04 Å². The normalized spacial score (nSPS) is 16.4. The molecule has 1 unspecified atom stereocenters. The Hall–Kier alpha value is -2.54. The molecule has 148 valence electrons. The Morgan fingerprint density at radius 1 is 1.18 bits per heavy atom. The molecule has 1 aliphatic carbocycles. The molecule has 7 heteroatoms. The third-order valence-electron chi connectivity index (χ3n) is 5.84. The number of anilines is 1. The van der Waals surface area contributed by atoms with Crippen LogP contribution in [-0.4, -0.2) is 33.4 Å². The van der Waals surface area contributed by atoms with Gasteiger partial charge in [0.15, 0.2) is 0 Å². The second-order valence-corrected chi connectivity index (χ2v) is 7.80. The van der Waals surface area contributed by atoms with E-state index in [2.05, 4.69) is 46.4 Å². The average Bonchev–Trinajstić information content (AvgIpc) is 3.20. The van der Waals surface area contributed by atoms with Gasteiger partial charge in [-0.2, -0.15) is 0 Å². The fourth-order valence-electron chi connectivity index (χ4n) is 4.01. The Morgan fingerprint density at radius 3 is 2.75 bits per heavy atom. The van der Waals surface area contributed by atoms with Gasteiger partial charge in [0.25, 0.3) is 0 Å². The molecule has 28 heavy (non-hydrogen) atoms. The van der Waals surface area contributed by atoms with Crippen molar-refractivity contribution in [3.05, 3.63) is 41.2 Å². The first kappa shape index (κ1) is 18.8. The molecule has 1 N–H and O–H groups in total. The van der Waals surface area contributed by atoms with Gasteiger partial charge in [-0.1, -0.05) is 25.3 Å². The minimum Gasteiger partial charge on any atom is -0.341 e. The molecule has 1 atom stereocenters. The van der Waals surface area contributed by atoms with Crippen LogP contribution in [0.4, 0.5) is 5.95 Å². The third-order valence-corrected chi connectivity index (χ3v) is 5.84. The van der Waals surface area contributed by atoms with Gasteiger partial charge >= 0.3 is 0 Å². The monoisotopic (exact) mass is 380 g/mol. The van der Waals surface area contributed by atoms with Crippen LogP contribution in [0.15, 0.2) is 29.0 Å². The van der Waals surface area contributed by atoms with Crippen LogP contribution >= 0.6 is 0 Å². The summed E-state index contributed by atoms with van der Waals surface area (Å²) in [4.78, 5) is 11.7. The summed E-state index contributed by atoms with van der Waals surface area (Å²) in [5.74, 6) is 0.837. The van der Waals surface area contributed by atoms with Crippen molar-refractivity contribution in [2.45, 2.75) is 64.6 Å². The average molecular weight is 380 g/mol. The van der Waals surface area contributed by atoms with Gasteiger partial charge in [-0.3, -0.25) is 0 Å². The molecule has 3 aromatic rings. The molecule has 1 saturated carbocycles. The van der Waals surface area contributed by atoms with Gasteiger partial charge in [-0.15, -0.1) is 0 Å². The molecule has 1 aliphatic rings. The minimum absolute atomic E-state index is 0.153. The molecule has 0 amide bonds. The van der Waals surface area contributed by atoms with Crippen LogP contribution in [0.25, 0.3) is 11.0 Å². The molecular formula is C21H28N6O. The van der Waals surface area contributed by atoms with E-state index in [1.807, 2.05) is 24.4 Å².